The van der Waals surface area contributed by atoms with Gasteiger partial charge in [0.05, 0.1) is 11.1 Å². The maximum Gasteiger partial charge on any atom is 0.262 e. The standard InChI is InChI=1S/C25H21N3O4/c1-28-22-13-6-5-12-20(22)21(15-24(28)30)25(31)27-18-10-7-11-19(14-18)32-16-23(29)26-17-8-3-2-4-9-17/h2-15H,16H2,1H3,(H,26,29)(H,27,31). The maximum absolute atomic E-state index is 12.9. The Labute approximate surface area is 184 Å². The fourth-order valence-corrected chi connectivity index (χ4v) is 3.33. The molecule has 32 heavy (non-hydrogen) atoms. The molecular formula is C25H21N3O4. The Bertz CT molecular complexity index is 1350. The summed E-state index contributed by atoms with van der Waals surface area (Å²) in [5.41, 5.74) is 1.86. The lowest BCUT2D eigenvalue weighted by Crippen LogP contribution is -2.21. The number of hydrogen-bond acceptors (Lipinski definition) is 4. The topological polar surface area (TPSA) is 89.4 Å². The van der Waals surface area contributed by atoms with Crippen LogP contribution in [0, 0.1) is 0 Å². The van der Waals surface area contributed by atoms with Crippen molar-refractivity contribution in [2.24, 2.45) is 7.05 Å². The molecule has 0 aliphatic heterocycles. The van der Waals surface area contributed by atoms with Crippen LogP contribution in [-0.4, -0.2) is 23.0 Å². The number of anilines is 2. The first-order chi connectivity index (χ1) is 15.5. The zero-order valence-corrected chi connectivity index (χ0v) is 17.4. The average molecular weight is 427 g/mol. The number of ether oxygens (including phenoxy) is 1. The zero-order valence-electron chi connectivity index (χ0n) is 17.4. The van der Waals surface area contributed by atoms with E-state index in [1.807, 2.05) is 30.3 Å². The summed E-state index contributed by atoms with van der Waals surface area (Å²) in [7, 11) is 1.67. The Morgan fingerprint density at radius 2 is 1.56 bits per heavy atom. The third kappa shape index (κ3) is 4.67. The number of hydrogen-bond donors (Lipinski definition) is 2. The fourth-order valence-electron chi connectivity index (χ4n) is 3.33. The molecule has 0 radical (unpaired) electrons. The summed E-state index contributed by atoms with van der Waals surface area (Å²) >= 11 is 0. The number of amides is 2. The quantitative estimate of drug-likeness (QED) is 0.490. The molecule has 7 nitrogen and oxygen atoms in total. The van der Waals surface area contributed by atoms with Crippen LogP contribution < -0.4 is 20.9 Å². The Kier molecular flexibility index (Phi) is 5.98. The van der Waals surface area contributed by atoms with E-state index in [4.69, 9.17) is 4.74 Å². The molecule has 0 saturated heterocycles. The summed E-state index contributed by atoms with van der Waals surface area (Å²) in [6.45, 7) is -0.175. The van der Waals surface area contributed by atoms with E-state index in [0.29, 0.717) is 28.0 Å². The van der Waals surface area contributed by atoms with E-state index >= 15 is 0 Å². The number of nitrogens with one attached hydrogen (secondary N) is 2. The molecular weight excluding hydrogens is 406 g/mol. The van der Waals surface area contributed by atoms with E-state index in [1.165, 1.54) is 10.6 Å². The van der Waals surface area contributed by atoms with Gasteiger partial charge in [-0.15, -0.1) is 0 Å². The minimum Gasteiger partial charge on any atom is -0.484 e. The van der Waals surface area contributed by atoms with E-state index in [-0.39, 0.29) is 23.6 Å². The van der Waals surface area contributed by atoms with Crippen LogP contribution in [0.1, 0.15) is 10.4 Å². The van der Waals surface area contributed by atoms with Crippen molar-refractivity contribution in [2.75, 3.05) is 17.2 Å². The van der Waals surface area contributed by atoms with Crippen molar-refractivity contribution in [3.63, 3.8) is 0 Å². The van der Waals surface area contributed by atoms with Gasteiger partial charge in [-0.3, -0.25) is 14.4 Å². The van der Waals surface area contributed by atoms with Crippen LogP contribution in [0.4, 0.5) is 11.4 Å². The van der Waals surface area contributed by atoms with Crippen molar-refractivity contribution in [3.05, 3.63) is 101 Å². The van der Waals surface area contributed by atoms with E-state index in [1.54, 1.807) is 55.6 Å². The van der Waals surface area contributed by atoms with E-state index < -0.39 is 5.91 Å². The monoisotopic (exact) mass is 427 g/mol. The molecule has 0 spiro atoms. The van der Waals surface area contributed by atoms with Crippen molar-refractivity contribution >= 4 is 34.1 Å². The van der Waals surface area contributed by atoms with E-state index in [2.05, 4.69) is 10.6 Å². The van der Waals surface area contributed by atoms with Gasteiger partial charge >= 0.3 is 0 Å². The molecule has 1 aromatic heterocycles. The predicted octanol–water partition coefficient (Wildman–Crippen LogP) is 3.81. The predicted molar refractivity (Wildman–Crippen MR) is 124 cm³/mol. The normalized spacial score (nSPS) is 10.5. The Hall–Kier alpha value is -4.39. The molecule has 1 heterocycles. The first kappa shape index (κ1) is 20.9. The molecule has 0 aliphatic carbocycles. The zero-order chi connectivity index (χ0) is 22.5. The lowest BCUT2D eigenvalue weighted by atomic mass is 10.1. The second-order valence-corrected chi connectivity index (χ2v) is 7.16. The highest BCUT2D eigenvalue weighted by atomic mass is 16.5. The molecule has 3 aromatic carbocycles. The molecule has 2 N–H and O–H groups in total. The highest BCUT2D eigenvalue weighted by molar-refractivity contribution is 6.12. The van der Waals surface area contributed by atoms with Crippen LogP contribution in [0.5, 0.6) is 5.75 Å². The van der Waals surface area contributed by atoms with Gasteiger partial charge in [0.1, 0.15) is 5.75 Å². The summed E-state index contributed by atoms with van der Waals surface area (Å²) in [6, 6.07) is 24.4. The van der Waals surface area contributed by atoms with Gasteiger partial charge in [0.2, 0.25) is 0 Å². The van der Waals surface area contributed by atoms with Crippen LogP contribution >= 0.6 is 0 Å². The number of aryl methyl sites for hydroxylation is 1. The SMILES string of the molecule is Cn1c(=O)cc(C(=O)Nc2cccc(OCC(=O)Nc3ccccc3)c2)c2ccccc21. The summed E-state index contributed by atoms with van der Waals surface area (Å²) in [5.74, 6) is -0.269. The Morgan fingerprint density at radius 1 is 0.844 bits per heavy atom. The number of carbonyl (C=O) groups excluding carboxylic acids is 2. The molecule has 160 valence electrons. The molecule has 4 rings (SSSR count). The molecule has 0 unspecified atom stereocenters. The second-order valence-electron chi connectivity index (χ2n) is 7.16. The highest BCUT2D eigenvalue weighted by Gasteiger charge is 2.14. The van der Waals surface area contributed by atoms with Gasteiger partial charge in [-0.05, 0) is 30.3 Å². The fraction of sp³-hybridized carbons (Fsp3) is 0.0800. The van der Waals surface area contributed by atoms with E-state index in [0.717, 1.165) is 0 Å². The highest BCUT2D eigenvalue weighted by Crippen LogP contribution is 2.21. The lowest BCUT2D eigenvalue weighted by molar-refractivity contribution is -0.118. The molecule has 4 aromatic rings. The number of rotatable bonds is 6. The van der Waals surface area contributed by atoms with Gasteiger partial charge in [-0.25, -0.2) is 0 Å². The Balaban J connectivity index is 1.46. The van der Waals surface area contributed by atoms with Crippen molar-refractivity contribution in [1.29, 1.82) is 0 Å². The van der Waals surface area contributed by atoms with Crippen molar-refractivity contribution < 1.29 is 14.3 Å². The molecule has 0 bridgehead atoms. The van der Waals surface area contributed by atoms with Crippen LogP contribution in [0.3, 0.4) is 0 Å². The molecule has 2 amide bonds. The van der Waals surface area contributed by atoms with Crippen LogP contribution in [0.15, 0.2) is 89.7 Å². The number of fused-ring (bicyclic) bond motifs is 1. The number of aromatic nitrogens is 1. The maximum atomic E-state index is 12.9. The number of pyridine rings is 1. The number of para-hydroxylation sites is 2. The van der Waals surface area contributed by atoms with E-state index in [9.17, 15) is 14.4 Å². The molecule has 0 fully saturated rings. The molecule has 0 saturated carbocycles. The van der Waals surface area contributed by atoms with Crippen molar-refractivity contribution in [1.82, 2.24) is 4.57 Å². The minimum atomic E-state index is -0.405. The van der Waals surface area contributed by atoms with Gasteiger partial charge in [-0.1, -0.05) is 42.5 Å². The minimum absolute atomic E-state index is 0.175. The second kappa shape index (κ2) is 9.18. The van der Waals surface area contributed by atoms with Crippen LogP contribution in [0.25, 0.3) is 10.9 Å². The summed E-state index contributed by atoms with van der Waals surface area (Å²) in [4.78, 5) is 37.3. The van der Waals surface area contributed by atoms with Gasteiger partial charge < -0.3 is 19.9 Å². The number of carbonyl (C=O) groups is 2. The lowest BCUT2D eigenvalue weighted by Gasteiger charge is -2.12. The third-order valence-corrected chi connectivity index (χ3v) is 4.92. The van der Waals surface area contributed by atoms with Gasteiger partial charge in [0.25, 0.3) is 17.4 Å². The van der Waals surface area contributed by atoms with Crippen LogP contribution in [-0.2, 0) is 11.8 Å². The van der Waals surface area contributed by atoms with Gasteiger partial charge in [0, 0.05) is 35.9 Å². The smallest absolute Gasteiger partial charge is 0.262 e. The first-order valence-corrected chi connectivity index (χ1v) is 9.99. The van der Waals surface area contributed by atoms with Crippen LogP contribution in [0.2, 0.25) is 0 Å². The third-order valence-electron chi connectivity index (χ3n) is 4.92. The summed E-state index contributed by atoms with van der Waals surface area (Å²) in [6.07, 6.45) is 0. The summed E-state index contributed by atoms with van der Waals surface area (Å²) < 4.78 is 7.06. The van der Waals surface area contributed by atoms with Gasteiger partial charge in [-0.2, -0.15) is 0 Å². The van der Waals surface area contributed by atoms with Gasteiger partial charge in [0.15, 0.2) is 6.61 Å². The van der Waals surface area contributed by atoms with Crippen molar-refractivity contribution in [2.45, 2.75) is 0 Å². The Morgan fingerprint density at radius 3 is 2.38 bits per heavy atom. The summed E-state index contributed by atoms with van der Waals surface area (Å²) in [5, 5.41) is 6.22. The first-order valence-electron chi connectivity index (χ1n) is 9.99. The molecule has 7 heteroatoms. The average Bonchev–Trinajstić information content (AvgIpc) is 2.81. The number of nitrogens with zero attached hydrogens (tertiary/aromatic N) is 1. The largest absolute Gasteiger partial charge is 0.484 e. The molecule has 0 aliphatic rings. The van der Waals surface area contributed by atoms with Crippen molar-refractivity contribution in [3.8, 4) is 5.75 Å². The number of benzene rings is 3. The molecule has 0 atom stereocenters.